The molecule has 15 nitrogen and oxygen atoms in total. The summed E-state index contributed by atoms with van der Waals surface area (Å²) in [6.45, 7) is 5.67. The van der Waals surface area contributed by atoms with Gasteiger partial charge >= 0.3 is 18.0 Å². The summed E-state index contributed by atoms with van der Waals surface area (Å²) in [5, 5.41) is 2.89. The van der Waals surface area contributed by atoms with Crippen LogP contribution >= 0.6 is 0 Å². The van der Waals surface area contributed by atoms with Crippen molar-refractivity contribution in [1.82, 2.24) is 5.32 Å². The fraction of sp³-hybridized carbons (Fsp3) is 0.339. The number of allylic oxidation sites excluding steroid dienone is 1. The molecule has 10 unspecified atom stereocenters. The highest BCUT2D eigenvalue weighted by molar-refractivity contribution is 5.89. The SMILES string of the molecule is C=CCCCOC1OC(COCc2ccccc2)C(OC2OC(COCc3ccccc3)C(OCc3ccccc3)C(OCc3ccccc3)C2OC(=O)c2ccccc2)C(OC(C)=O)C1NC(=O)OCc1ccccc1. The number of unbranched alkanes of at least 4 members (excludes halogenated alkanes) is 1. The first-order valence-electron chi connectivity index (χ1n) is 25.9. The molecule has 10 atom stereocenters. The van der Waals surface area contributed by atoms with Crippen molar-refractivity contribution in [3.63, 3.8) is 0 Å². The molecule has 0 aromatic heterocycles. The van der Waals surface area contributed by atoms with Gasteiger partial charge in [0.05, 0.1) is 51.8 Å². The standard InChI is InChI=1S/C62H67NO14/c1-3-4-23-36-69-60-53(63-62(66)72-41-49-32-19-9-20-33-49)56(73-44(2)64)55(52(74-60)43-68-38-46-26-13-6-14-27-46)77-61-58(76-59(65)50-34-21-10-22-35-50)57(71-40-48-30-17-8-18-31-48)54(70-39-47-28-15-7-16-29-47)51(75-61)42-67-37-45-24-11-5-12-25-45/h3,5-22,24-35,51-58,60-61H,1,4,23,36-43H2,2H3,(H,63,66). The van der Waals surface area contributed by atoms with Crippen LogP contribution < -0.4 is 5.32 Å². The lowest BCUT2D eigenvalue weighted by Gasteiger charge is -2.49. The summed E-state index contributed by atoms with van der Waals surface area (Å²) in [7, 11) is 0. The van der Waals surface area contributed by atoms with E-state index in [1.807, 2.05) is 152 Å². The molecule has 2 aliphatic heterocycles. The van der Waals surface area contributed by atoms with Gasteiger partial charge in [0.1, 0.15) is 43.2 Å². The summed E-state index contributed by atoms with van der Waals surface area (Å²) in [5.74, 6) is -1.40. The molecule has 404 valence electrons. The van der Waals surface area contributed by atoms with Crippen LogP contribution in [-0.4, -0.2) is 99.2 Å². The Balaban J connectivity index is 1.20. The monoisotopic (exact) mass is 1050 g/mol. The van der Waals surface area contributed by atoms with Gasteiger partial charge in [-0.3, -0.25) is 4.79 Å². The third kappa shape index (κ3) is 17.2. The number of rotatable bonds is 27. The number of alkyl carbamates (subject to hydrolysis) is 1. The van der Waals surface area contributed by atoms with Crippen molar-refractivity contribution in [1.29, 1.82) is 0 Å². The summed E-state index contributed by atoms with van der Waals surface area (Å²) >= 11 is 0. The van der Waals surface area contributed by atoms with Crippen molar-refractivity contribution in [2.75, 3.05) is 19.8 Å². The number of ether oxygens (including phenoxy) is 11. The molecule has 1 amide bonds. The van der Waals surface area contributed by atoms with Crippen LogP contribution in [0.25, 0.3) is 0 Å². The maximum Gasteiger partial charge on any atom is 0.407 e. The van der Waals surface area contributed by atoms with Crippen LogP contribution in [0.5, 0.6) is 0 Å². The number of esters is 2. The second-order valence-corrected chi connectivity index (χ2v) is 18.6. The zero-order valence-corrected chi connectivity index (χ0v) is 43.2. The van der Waals surface area contributed by atoms with Gasteiger partial charge in [-0.25, -0.2) is 9.59 Å². The van der Waals surface area contributed by atoms with E-state index < -0.39 is 79.4 Å². The van der Waals surface area contributed by atoms with Crippen LogP contribution in [0.1, 0.15) is 57.9 Å². The Hall–Kier alpha value is -7.05. The second kappa shape index (κ2) is 30.0. The summed E-state index contributed by atoms with van der Waals surface area (Å²) in [5.41, 5.74) is 4.52. The minimum absolute atomic E-state index is 0.0328. The van der Waals surface area contributed by atoms with E-state index in [2.05, 4.69) is 11.9 Å². The van der Waals surface area contributed by atoms with Crippen molar-refractivity contribution in [2.45, 2.75) is 114 Å². The molecule has 1 N–H and O–H groups in total. The molecule has 6 aromatic rings. The van der Waals surface area contributed by atoms with Crippen molar-refractivity contribution < 1.29 is 66.5 Å². The van der Waals surface area contributed by atoms with Crippen molar-refractivity contribution in [2.24, 2.45) is 0 Å². The largest absolute Gasteiger partial charge is 0.457 e. The van der Waals surface area contributed by atoms with Gasteiger partial charge in [0.25, 0.3) is 0 Å². The van der Waals surface area contributed by atoms with E-state index in [-0.39, 0.29) is 58.4 Å². The molecule has 0 aliphatic carbocycles. The minimum Gasteiger partial charge on any atom is -0.457 e. The maximum absolute atomic E-state index is 14.5. The Morgan fingerprint density at radius 3 is 1.47 bits per heavy atom. The van der Waals surface area contributed by atoms with Crippen molar-refractivity contribution in [3.05, 3.63) is 228 Å². The highest BCUT2D eigenvalue weighted by atomic mass is 16.8. The van der Waals surface area contributed by atoms with E-state index in [4.69, 9.17) is 52.1 Å². The van der Waals surface area contributed by atoms with Gasteiger partial charge in [-0.1, -0.05) is 176 Å². The Morgan fingerprint density at radius 1 is 0.506 bits per heavy atom. The number of hydrogen-bond donors (Lipinski definition) is 1. The smallest absolute Gasteiger partial charge is 0.407 e. The Kier molecular flexibility index (Phi) is 21.9. The summed E-state index contributed by atoms with van der Waals surface area (Å²) in [6.07, 6.45) is -8.73. The van der Waals surface area contributed by atoms with Crippen LogP contribution in [0, 0.1) is 0 Å². The van der Waals surface area contributed by atoms with Gasteiger partial charge in [0.15, 0.2) is 24.8 Å². The lowest BCUT2D eigenvalue weighted by Crippen LogP contribution is -2.69. The van der Waals surface area contributed by atoms with Gasteiger partial charge < -0.3 is 57.4 Å². The van der Waals surface area contributed by atoms with Crippen LogP contribution in [0.2, 0.25) is 0 Å². The van der Waals surface area contributed by atoms with Gasteiger partial charge in [-0.2, -0.15) is 0 Å². The molecule has 0 spiro atoms. The zero-order valence-electron chi connectivity index (χ0n) is 43.2. The first kappa shape index (κ1) is 56.2. The molecule has 15 heteroatoms. The molecule has 2 heterocycles. The van der Waals surface area contributed by atoms with E-state index in [9.17, 15) is 14.4 Å². The Bertz CT molecular complexity index is 2670. The minimum atomic E-state index is -1.51. The molecule has 8 rings (SSSR count). The lowest BCUT2D eigenvalue weighted by molar-refractivity contribution is -0.356. The number of nitrogens with one attached hydrogen (secondary N) is 1. The first-order chi connectivity index (χ1) is 37.8. The first-order valence-corrected chi connectivity index (χ1v) is 25.9. The molecule has 6 aromatic carbocycles. The average molecular weight is 1050 g/mol. The third-order valence-electron chi connectivity index (χ3n) is 12.8. The zero-order chi connectivity index (χ0) is 53.4. The number of benzene rings is 6. The van der Waals surface area contributed by atoms with Crippen LogP contribution in [-0.2, 0) is 89.9 Å². The van der Waals surface area contributed by atoms with E-state index in [1.54, 1.807) is 36.4 Å². The lowest BCUT2D eigenvalue weighted by atomic mass is 9.94. The maximum atomic E-state index is 14.5. The summed E-state index contributed by atoms with van der Waals surface area (Å²) in [6, 6.07) is 55.0. The summed E-state index contributed by atoms with van der Waals surface area (Å²) in [4.78, 5) is 41.9. The van der Waals surface area contributed by atoms with E-state index >= 15 is 0 Å². The fourth-order valence-electron chi connectivity index (χ4n) is 8.98. The quantitative estimate of drug-likeness (QED) is 0.0224. The third-order valence-corrected chi connectivity index (χ3v) is 12.8. The van der Waals surface area contributed by atoms with E-state index in [0.717, 1.165) is 27.8 Å². The van der Waals surface area contributed by atoms with Crippen LogP contribution in [0.3, 0.4) is 0 Å². The number of amides is 1. The van der Waals surface area contributed by atoms with Crippen molar-refractivity contribution in [3.8, 4) is 0 Å². The normalized spacial score (nSPS) is 23.0. The molecule has 2 aliphatic rings. The molecule has 0 bridgehead atoms. The van der Waals surface area contributed by atoms with Gasteiger partial charge in [-0.05, 0) is 52.8 Å². The van der Waals surface area contributed by atoms with Gasteiger partial charge in [-0.15, -0.1) is 6.58 Å². The molecule has 2 fully saturated rings. The number of hydrogen-bond acceptors (Lipinski definition) is 14. The van der Waals surface area contributed by atoms with E-state index in [1.165, 1.54) is 6.92 Å². The predicted molar refractivity (Wildman–Crippen MR) is 285 cm³/mol. The number of carbonyl (C=O) groups is 3. The second-order valence-electron chi connectivity index (χ2n) is 18.6. The summed E-state index contributed by atoms with van der Waals surface area (Å²) < 4.78 is 72.5. The fourth-order valence-corrected chi connectivity index (χ4v) is 8.98. The topological polar surface area (TPSA) is 165 Å². The Labute approximate surface area is 450 Å². The van der Waals surface area contributed by atoms with Gasteiger partial charge in [0.2, 0.25) is 0 Å². The highest BCUT2D eigenvalue weighted by Crippen LogP contribution is 2.36. The van der Waals surface area contributed by atoms with Crippen LogP contribution in [0.15, 0.2) is 195 Å². The number of carbonyl (C=O) groups excluding carboxylic acids is 3. The predicted octanol–water partition coefficient (Wildman–Crippen LogP) is 9.86. The average Bonchev–Trinajstić information content (AvgIpc) is 3.47. The van der Waals surface area contributed by atoms with Crippen molar-refractivity contribution >= 4 is 18.0 Å². The molecule has 2 saturated heterocycles. The molecular formula is C62H67NO14. The molecule has 0 radical (unpaired) electrons. The van der Waals surface area contributed by atoms with Crippen LogP contribution in [0.4, 0.5) is 4.79 Å². The highest BCUT2D eigenvalue weighted by Gasteiger charge is 2.56. The molecule has 77 heavy (non-hydrogen) atoms. The van der Waals surface area contributed by atoms with E-state index in [0.29, 0.717) is 12.8 Å². The van der Waals surface area contributed by atoms with Gasteiger partial charge in [0, 0.05) is 6.92 Å². The molecular weight excluding hydrogens is 983 g/mol. The Morgan fingerprint density at radius 2 is 0.961 bits per heavy atom. The molecule has 0 saturated carbocycles.